The van der Waals surface area contributed by atoms with Crippen LogP contribution < -0.4 is 0 Å². The van der Waals surface area contributed by atoms with Crippen LogP contribution in [0.15, 0.2) is 34.5 Å². The molecule has 0 aromatic carbocycles. The number of nitrogens with zero attached hydrogens (tertiary/aromatic N) is 3. The lowest BCUT2D eigenvalue weighted by atomic mass is 10.3. The number of oxime groups is 1. The molecule has 0 radical (unpaired) electrons. The number of rotatable bonds is 3. The fourth-order valence-corrected chi connectivity index (χ4v) is 0.878. The quantitative estimate of drug-likeness (QED) is 0.450. The van der Waals surface area contributed by atoms with Crippen LogP contribution >= 0.6 is 0 Å². The van der Waals surface area contributed by atoms with Crippen LogP contribution in [0.5, 0.6) is 0 Å². The second-order valence-corrected chi connectivity index (χ2v) is 2.91. The molecule has 0 fully saturated rings. The highest BCUT2D eigenvalue weighted by atomic mass is 16.4. The molecule has 0 aliphatic heterocycles. The van der Waals surface area contributed by atoms with Crippen LogP contribution in [0.2, 0.25) is 0 Å². The van der Waals surface area contributed by atoms with Crippen LogP contribution in [-0.4, -0.2) is 21.6 Å². The van der Waals surface area contributed by atoms with E-state index in [-0.39, 0.29) is 0 Å². The summed E-state index contributed by atoms with van der Waals surface area (Å²) in [4.78, 5) is 8.35. The summed E-state index contributed by atoms with van der Waals surface area (Å²) in [5.74, 6) is 0. The molecule has 4 heteroatoms. The number of pyridine rings is 1. The summed E-state index contributed by atoms with van der Waals surface area (Å²) in [6.45, 7) is 4.02. The average molecular weight is 191 g/mol. The third-order valence-corrected chi connectivity index (χ3v) is 1.88. The van der Waals surface area contributed by atoms with Gasteiger partial charge in [-0.2, -0.15) is 0 Å². The van der Waals surface area contributed by atoms with Gasteiger partial charge in [-0.05, 0) is 26.0 Å². The van der Waals surface area contributed by atoms with Crippen molar-refractivity contribution in [3.63, 3.8) is 0 Å². The van der Waals surface area contributed by atoms with Gasteiger partial charge in [0.25, 0.3) is 0 Å². The zero-order valence-corrected chi connectivity index (χ0v) is 8.31. The molecule has 14 heavy (non-hydrogen) atoms. The van der Waals surface area contributed by atoms with Gasteiger partial charge in [-0.3, -0.25) is 9.98 Å². The third kappa shape index (κ3) is 2.97. The third-order valence-electron chi connectivity index (χ3n) is 1.88. The predicted octanol–water partition coefficient (Wildman–Crippen LogP) is 1.89. The van der Waals surface area contributed by atoms with Gasteiger partial charge in [-0.15, -0.1) is 0 Å². The highest BCUT2D eigenvalue weighted by molar-refractivity contribution is 6.40. The summed E-state index contributed by atoms with van der Waals surface area (Å²) < 4.78 is 0. The van der Waals surface area contributed by atoms with E-state index in [1.54, 1.807) is 20.0 Å². The fourth-order valence-electron chi connectivity index (χ4n) is 0.878. The largest absolute Gasteiger partial charge is 0.411 e. The first-order chi connectivity index (χ1) is 6.74. The minimum atomic E-state index is 0.513. The maximum absolute atomic E-state index is 8.49. The maximum atomic E-state index is 8.49. The normalized spacial score (nSPS) is 13.0. The molecule has 74 valence electrons. The Hall–Kier alpha value is -1.71. The summed E-state index contributed by atoms with van der Waals surface area (Å²) in [6, 6.07) is 5.68. The van der Waals surface area contributed by atoms with Gasteiger partial charge in [0.05, 0.1) is 23.7 Å². The lowest BCUT2D eigenvalue weighted by Gasteiger charge is -1.98. The molecule has 1 aromatic heterocycles. The molecule has 0 saturated carbocycles. The zero-order chi connectivity index (χ0) is 10.4. The van der Waals surface area contributed by atoms with Crippen LogP contribution in [0.4, 0.5) is 0 Å². The number of aliphatic imine (C=N–C) groups is 1. The number of hydrogen-bond acceptors (Lipinski definition) is 4. The monoisotopic (exact) mass is 191 g/mol. The molecule has 0 aliphatic rings. The first-order valence-corrected chi connectivity index (χ1v) is 4.34. The smallest absolute Gasteiger partial charge is 0.0971 e. The summed E-state index contributed by atoms with van der Waals surface area (Å²) >= 11 is 0. The predicted molar refractivity (Wildman–Crippen MR) is 55.9 cm³/mol. The van der Waals surface area contributed by atoms with Crippen molar-refractivity contribution in [1.82, 2.24) is 4.98 Å². The van der Waals surface area contributed by atoms with Gasteiger partial charge < -0.3 is 5.21 Å². The van der Waals surface area contributed by atoms with Crippen LogP contribution in [0, 0.1) is 0 Å². The van der Waals surface area contributed by atoms with Gasteiger partial charge in [0, 0.05) is 6.20 Å². The number of hydrogen-bond donors (Lipinski definition) is 1. The van der Waals surface area contributed by atoms with Gasteiger partial charge >= 0.3 is 0 Å². The SMILES string of the molecule is CC(=N/O)/C(C)=N/Cc1ccccn1. The van der Waals surface area contributed by atoms with Gasteiger partial charge in [-0.1, -0.05) is 11.2 Å². The van der Waals surface area contributed by atoms with Gasteiger partial charge in [0.2, 0.25) is 0 Å². The molecule has 0 amide bonds. The van der Waals surface area contributed by atoms with Gasteiger partial charge in [0.1, 0.15) is 0 Å². The van der Waals surface area contributed by atoms with Gasteiger partial charge in [-0.25, -0.2) is 0 Å². The van der Waals surface area contributed by atoms with Crippen LogP contribution in [-0.2, 0) is 6.54 Å². The molecule has 1 N–H and O–H groups in total. The van der Waals surface area contributed by atoms with Crippen molar-refractivity contribution in [2.75, 3.05) is 0 Å². The van der Waals surface area contributed by atoms with Crippen LogP contribution in [0.3, 0.4) is 0 Å². The van der Waals surface area contributed by atoms with E-state index in [0.29, 0.717) is 12.3 Å². The lowest BCUT2D eigenvalue weighted by molar-refractivity contribution is 0.320. The highest BCUT2D eigenvalue weighted by Gasteiger charge is 1.96. The first kappa shape index (κ1) is 10.4. The van der Waals surface area contributed by atoms with E-state index in [1.165, 1.54) is 0 Å². The van der Waals surface area contributed by atoms with Crippen molar-refractivity contribution in [2.45, 2.75) is 20.4 Å². The maximum Gasteiger partial charge on any atom is 0.0971 e. The van der Waals surface area contributed by atoms with Crippen LogP contribution in [0.25, 0.3) is 0 Å². The van der Waals surface area contributed by atoms with Crippen molar-refractivity contribution in [1.29, 1.82) is 0 Å². The van der Waals surface area contributed by atoms with E-state index in [0.717, 1.165) is 11.4 Å². The summed E-state index contributed by atoms with van der Waals surface area (Å²) in [5, 5.41) is 11.6. The van der Waals surface area contributed by atoms with E-state index in [4.69, 9.17) is 5.21 Å². The Morgan fingerprint density at radius 1 is 1.36 bits per heavy atom. The van der Waals surface area contributed by atoms with Crippen molar-refractivity contribution in [2.24, 2.45) is 10.1 Å². The van der Waals surface area contributed by atoms with Gasteiger partial charge in [0.15, 0.2) is 0 Å². The van der Waals surface area contributed by atoms with Crippen molar-refractivity contribution in [3.8, 4) is 0 Å². The Kier molecular flexibility index (Phi) is 3.79. The number of aromatic nitrogens is 1. The van der Waals surface area contributed by atoms with E-state index >= 15 is 0 Å². The molecule has 1 aromatic rings. The van der Waals surface area contributed by atoms with E-state index in [9.17, 15) is 0 Å². The molecule has 0 atom stereocenters. The molecule has 0 unspecified atom stereocenters. The van der Waals surface area contributed by atoms with Crippen molar-refractivity contribution >= 4 is 11.4 Å². The zero-order valence-electron chi connectivity index (χ0n) is 8.31. The van der Waals surface area contributed by atoms with E-state index in [1.807, 2.05) is 18.2 Å². The standard InChI is InChI=1S/C10H13N3O/c1-8(9(2)13-14)12-7-10-5-3-4-6-11-10/h3-6,14H,7H2,1-2H3/b12-8+,13-9-. The second-order valence-electron chi connectivity index (χ2n) is 2.91. The Morgan fingerprint density at radius 3 is 2.71 bits per heavy atom. The Bertz CT molecular complexity index is 344. The molecule has 0 bridgehead atoms. The van der Waals surface area contributed by atoms with Crippen molar-refractivity contribution < 1.29 is 5.21 Å². The molecule has 1 rings (SSSR count). The molecule has 0 aliphatic carbocycles. The Balaban J connectivity index is 2.64. The van der Waals surface area contributed by atoms with E-state index < -0.39 is 0 Å². The molecule has 4 nitrogen and oxygen atoms in total. The summed E-state index contributed by atoms with van der Waals surface area (Å²) in [7, 11) is 0. The fraction of sp³-hybridized carbons (Fsp3) is 0.300. The molecular formula is C10H13N3O. The molecule has 1 heterocycles. The molecular weight excluding hydrogens is 178 g/mol. The average Bonchev–Trinajstić information content (AvgIpc) is 2.26. The summed E-state index contributed by atoms with van der Waals surface area (Å²) in [5.41, 5.74) is 2.15. The minimum absolute atomic E-state index is 0.513. The minimum Gasteiger partial charge on any atom is -0.411 e. The topological polar surface area (TPSA) is 57.8 Å². The molecule has 0 saturated heterocycles. The lowest BCUT2D eigenvalue weighted by Crippen LogP contribution is -2.06. The second kappa shape index (κ2) is 5.11. The molecule has 0 spiro atoms. The van der Waals surface area contributed by atoms with Crippen molar-refractivity contribution in [3.05, 3.63) is 30.1 Å². The highest BCUT2D eigenvalue weighted by Crippen LogP contribution is 1.96. The Labute approximate surface area is 83.0 Å². The van der Waals surface area contributed by atoms with E-state index in [2.05, 4.69) is 15.1 Å². The Morgan fingerprint density at radius 2 is 2.14 bits per heavy atom. The summed E-state index contributed by atoms with van der Waals surface area (Å²) in [6.07, 6.45) is 1.73. The van der Waals surface area contributed by atoms with Crippen LogP contribution in [0.1, 0.15) is 19.5 Å². The first-order valence-electron chi connectivity index (χ1n) is 4.34.